The Labute approximate surface area is 139 Å². The molecule has 3 aromatic rings. The maximum Gasteiger partial charge on any atom is 0.228 e. The Kier molecular flexibility index (Phi) is 3.70. The molecule has 0 aliphatic carbocycles. The fourth-order valence-corrected chi connectivity index (χ4v) is 2.63. The second-order valence-corrected chi connectivity index (χ2v) is 5.57. The first-order valence-electron chi connectivity index (χ1n) is 7.69. The molecule has 24 heavy (non-hydrogen) atoms. The van der Waals surface area contributed by atoms with Crippen LogP contribution in [0.5, 0.6) is 0 Å². The summed E-state index contributed by atoms with van der Waals surface area (Å²) in [6.45, 7) is 3.58. The number of rotatable bonds is 4. The third-order valence-corrected chi connectivity index (χ3v) is 3.80. The number of aryl methyl sites for hydroxylation is 1. The molecule has 0 spiro atoms. The fraction of sp³-hybridized carbons (Fsp3) is 0.250. The number of hydrogen-bond acceptors (Lipinski definition) is 8. The van der Waals surface area contributed by atoms with E-state index in [0.29, 0.717) is 17.7 Å². The lowest BCUT2D eigenvalue weighted by Crippen LogP contribution is -2.46. The van der Waals surface area contributed by atoms with Gasteiger partial charge in [-0.3, -0.25) is 0 Å². The number of anilines is 3. The van der Waals surface area contributed by atoms with Gasteiger partial charge in [-0.05, 0) is 19.1 Å². The first kappa shape index (κ1) is 14.4. The van der Waals surface area contributed by atoms with Crippen molar-refractivity contribution in [1.82, 2.24) is 29.9 Å². The van der Waals surface area contributed by atoms with Crippen LogP contribution < -0.4 is 10.2 Å². The first-order valence-corrected chi connectivity index (χ1v) is 7.69. The molecule has 0 radical (unpaired) electrons. The van der Waals surface area contributed by atoms with E-state index in [1.165, 1.54) is 0 Å². The molecule has 1 N–H and O–H groups in total. The van der Waals surface area contributed by atoms with Gasteiger partial charge < -0.3 is 10.2 Å². The average molecular weight is 320 g/mol. The molecule has 1 saturated heterocycles. The second-order valence-electron chi connectivity index (χ2n) is 5.57. The van der Waals surface area contributed by atoms with Crippen LogP contribution in [0.15, 0.2) is 43.0 Å². The minimum Gasteiger partial charge on any atom is -0.339 e. The van der Waals surface area contributed by atoms with E-state index in [4.69, 9.17) is 0 Å². The Morgan fingerprint density at radius 2 is 1.62 bits per heavy atom. The maximum atomic E-state index is 4.57. The van der Waals surface area contributed by atoms with E-state index in [1.54, 1.807) is 30.9 Å². The summed E-state index contributed by atoms with van der Waals surface area (Å²) in [6, 6.07) is 5.55. The van der Waals surface area contributed by atoms with E-state index < -0.39 is 0 Å². The lowest BCUT2D eigenvalue weighted by atomic mass is 9.96. The smallest absolute Gasteiger partial charge is 0.228 e. The van der Waals surface area contributed by atoms with Gasteiger partial charge in [-0.1, -0.05) is 0 Å². The second kappa shape index (κ2) is 6.15. The Morgan fingerprint density at radius 3 is 2.33 bits per heavy atom. The molecular formula is C16H16N8. The maximum absolute atomic E-state index is 4.57. The molecule has 8 heteroatoms. The van der Waals surface area contributed by atoms with Crippen LogP contribution in [0.4, 0.5) is 17.7 Å². The standard InChI is InChI=1S/C16H16N8/c1-11-21-13(8-14(22-11)23-15-17-4-2-5-18-15)12-9-24(10-12)16-19-6-3-7-20-16/h2-8,12H,9-10H2,1H3,(H,17,18,21,22,23). The molecule has 4 heterocycles. The number of hydrogen-bond donors (Lipinski definition) is 1. The molecule has 4 rings (SSSR count). The van der Waals surface area contributed by atoms with Crippen molar-refractivity contribution in [3.63, 3.8) is 0 Å². The minimum atomic E-state index is 0.341. The lowest BCUT2D eigenvalue weighted by Gasteiger charge is -2.38. The molecule has 1 aliphatic heterocycles. The average Bonchev–Trinajstić information content (AvgIpc) is 2.55. The summed E-state index contributed by atoms with van der Waals surface area (Å²) in [5.74, 6) is 3.05. The summed E-state index contributed by atoms with van der Waals surface area (Å²) in [6.07, 6.45) is 6.89. The summed E-state index contributed by atoms with van der Waals surface area (Å²) >= 11 is 0. The van der Waals surface area contributed by atoms with E-state index in [-0.39, 0.29) is 0 Å². The zero-order valence-electron chi connectivity index (χ0n) is 13.2. The molecule has 0 unspecified atom stereocenters. The van der Waals surface area contributed by atoms with Crippen LogP contribution in [0.25, 0.3) is 0 Å². The van der Waals surface area contributed by atoms with Crippen LogP contribution in [0, 0.1) is 6.92 Å². The van der Waals surface area contributed by atoms with Gasteiger partial charge >= 0.3 is 0 Å². The van der Waals surface area contributed by atoms with Crippen molar-refractivity contribution < 1.29 is 0 Å². The Morgan fingerprint density at radius 1 is 0.958 bits per heavy atom. The highest BCUT2D eigenvalue weighted by atomic mass is 15.3. The van der Waals surface area contributed by atoms with Gasteiger partial charge in [0.25, 0.3) is 0 Å². The molecule has 0 bridgehead atoms. The van der Waals surface area contributed by atoms with Gasteiger partial charge in [-0.25, -0.2) is 29.9 Å². The van der Waals surface area contributed by atoms with Crippen LogP contribution in [0.1, 0.15) is 17.4 Å². The molecular weight excluding hydrogens is 304 g/mol. The van der Waals surface area contributed by atoms with Crippen molar-refractivity contribution in [1.29, 1.82) is 0 Å². The van der Waals surface area contributed by atoms with Gasteiger partial charge in [0.05, 0.1) is 5.69 Å². The topological polar surface area (TPSA) is 92.6 Å². The van der Waals surface area contributed by atoms with Gasteiger partial charge in [-0.2, -0.15) is 0 Å². The molecule has 1 fully saturated rings. The largest absolute Gasteiger partial charge is 0.339 e. The van der Waals surface area contributed by atoms with Gasteiger partial charge in [0.15, 0.2) is 0 Å². The predicted octanol–water partition coefficient (Wildman–Crippen LogP) is 1.71. The van der Waals surface area contributed by atoms with Crippen molar-refractivity contribution in [3.8, 4) is 0 Å². The fourth-order valence-electron chi connectivity index (χ4n) is 2.63. The minimum absolute atomic E-state index is 0.341. The van der Waals surface area contributed by atoms with Gasteiger partial charge in [0.2, 0.25) is 11.9 Å². The third-order valence-electron chi connectivity index (χ3n) is 3.80. The van der Waals surface area contributed by atoms with Crippen molar-refractivity contribution in [2.45, 2.75) is 12.8 Å². The molecule has 0 atom stereocenters. The van der Waals surface area contributed by atoms with Crippen molar-refractivity contribution in [2.75, 3.05) is 23.3 Å². The quantitative estimate of drug-likeness (QED) is 0.776. The number of nitrogens with one attached hydrogen (secondary N) is 1. The van der Waals surface area contributed by atoms with Crippen molar-refractivity contribution >= 4 is 17.7 Å². The van der Waals surface area contributed by atoms with E-state index in [2.05, 4.69) is 40.1 Å². The van der Waals surface area contributed by atoms with Crippen LogP contribution in [0.3, 0.4) is 0 Å². The van der Waals surface area contributed by atoms with Gasteiger partial charge in [0.1, 0.15) is 11.6 Å². The van der Waals surface area contributed by atoms with Gasteiger partial charge in [-0.15, -0.1) is 0 Å². The predicted molar refractivity (Wildman–Crippen MR) is 89.1 cm³/mol. The van der Waals surface area contributed by atoms with Crippen LogP contribution >= 0.6 is 0 Å². The van der Waals surface area contributed by atoms with E-state index in [9.17, 15) is 0 Å². The number of nitrogens with zero attached hydrogens (tertiary/aromatic N) is 7. The highest BCUT2D eigenvalue weighted by Crippen LogP contribution is 2.29. The SMILES string of the molecule is Cc1nc(Nc2ncccn2)cc(C2CN(c3ncccn3)C2)n1. The first-order chi connectivity index (χ1) is 11.8. The van der Waals surface area contributed by atoms with Crippen molar-refractivity contribution in [3.05, 3.63) is 54.5 Å². The van der Waals surface area contributed by atoms with E-state index in [0.717, 1.165) is 30.6 Å². The molecule has 8 nitrogen and oxygen atoms in total. The van der Waals surface area contributed by atoms with Gasteiger partial charge in [0, 0.05) is 49.9 Å². The Balaban J connectivity index is 1.49. The third kappa shape index (κ3) is 2.98. The highest BCUT2D eigenvalue weighted by Gasteiger charge is 2.31. The van der Waals surface area contributed by atoms with Crippen LogP contribution in [-0.2, 0) is 0 Å². The summed E-state index contributed by atoms with van der Waals surface area (Å²) in [5, 5.41) is 3.12. The zero-order chi connectivity index (χ0) is 16.4. The van der Waals surface area contributed by atoms with Crippen molar-refractivity contribution in [2.24, 2.45) is 0 Å². The highest BCUT2D eigenvalue weighted by molar-refractivity contribution is 5.49. The van der Waals surface area contributed by atoms with E-state index in [1.807, 2.05) is 19.1 Å². The molecule has 3 aromatic heterocycles. The Hall–Kier alpha value is -3.16. The van der Waals surface area contributed by atoms with Crippen LogP contribution in [-0.4, -0.2) is 43.0 Å². The van der Waals surface area contributed by atoms with E-state index >= 15 is 0 Å². The summed E-state index contributed by atoms with van der Waals surface area (Å²) < 4.78 is 0. The number of aromatic nitrogens is 6. The van der Waals surface area contributed by atoms with Crippen LogP contribution in [0.2, 0.25) is 0 Å². The zero-order valence-corrected chi connectivity index (χ0v) is 13.2. The summed E-state index contributed by atoms with van der Waals surface area (Å²) in [7, 11) is 0. The Bertz CT molecular complexity index is 818. The summed E-state index contributed by atoms with van der Waals surface area (Å²) in [5.41, 5.74) is 1.01. The lowest BCUT2D eigenvalue weighted by molar-refractivity contribution is 0.501. The molecule has 0 aromatic carbocycles. The summed E-state index contributed by atoms with van der Waals surface area (Å²) in [4.78, 5) is 28.0. The molecule has 1 aliphatic rings. The molecule has 0 amide bonds. The monoisotopic (exact) mass is 320 g/mol. The molecule has 120 valence electrons. The molecule has 0 saturated carbocycles. The normalized spacial score (nSPS) is 14.3.